The Labute approximate surface area is 291 Å². The number of benzene rings is 2. The first-order chi connectivity index (χ1) is 23.5. The molecule has 0 aliphatic carbocycles. The first-order valence-corrected chi connectivity index (χ1v) is 17.4. The summed E-state index contributed by atoms with van der Waals surface area (Å²) in [6.45, 7) is 4.76. The lowest BCUT2D eigenvalue weighted by Crippen LogP contribution is -2.34. The highest BCUT2D eigenvalue weighted by Crippen LogP contribution is 2.42. The molecule has 0 radical (unpaired) electrons. The summed E-state index contributed by atoms with van der Waals surface area (Å²) in [7, 11) is 3.73. The number of hydrogen-bond donors (Lipinski definition) is 2. The molecule has 0 saturated carbocycles. The first-order valence-electron chi connectivity index (χ1n) is 16.7. The molecular weight excluding hydrogens is 645 g/mol. The Balaban J connectivity index is 1.15. The van der Waals surface area contributed by atoms with Crippen molar-refractivity contribution in [1.82, 2.24) is 25.2 Å². The number of nitrogens with one attached hydrogen (secondary N) is 2. The van der Waals surface area contributed by atoms with Crippen molar-refractivity contribution in [3.63, 3.8) is 0 Å². The summed E-state index contributed by atoms with van der Waals surface area (Å²) in [5.41, 5.74) is 8.05. The molecule has 2 aromatic carbocycles. The highest BCUT2D eigenvalue weighted by atomic mass is 35.5. The number of methoxy groups -OCH3 is 1. The molecule has 2 aliphatic rings. The van der Waals surface area contributed by atoms with Gasteiger partial charge in [-0.25, -0.2) is 4.98 Å². The zero-order valence-electron chi connectivity index (χ0n) is 27.4. The summed E-state index contributed by atoms with van der Waals surface area (Å²) in [6.07, 6.45) is 8.05. The number of pyridine rings is 2. The van der Waals surface area contributed by atoms with Crippen molar-refractivity contribution in [2.24, 2.45) is 7.05 Å². The molecule has 2 N–H and O–H groups in total. The molecule has 0 atom stereocenters. The van der Waals surface area contributed by atoms with Crippen LogP contribution in [0, 0.1) is 0 Å². The fourth-order valence-corrected chi connectivity index (χ4v) is 7.41. The zero-order chi connectivity index (χ0) is 33.0. The molecule has 5 heterocycles. The van der Waals surface area contributed by atoms with Crippen LogP contribution in [0.4, 0.5) is 0 Å². The predicted molar refractivity (Wildman–Crippen MR) is 193 cm³/mol. The van der Waals surface area contributed by atoms with E-state index in [2.05, 4.69) is 44.6 Å². The first kappa shape index (κ1) is 33.0. The van der Waals surface area contributed by atoms with Gasteiger partial charge in [0.1, 0.15) is 11.4 Å². The summed E-state index contributed by atoms with van der Waals surface area (Å²) in [5, 5.41) is 9.59. The van der Waals surface area contributed by atoms with Crippen LogP contribution in [-0.4, -0.2) is 60.2 Å². The number of halogens is 2. The van der Waals surface area contributed by atoms with Crippen molar-refractivity contribution >= 4 is 34.2 Å². The van der Waals surface area contributed by atoms with Gasteiger partial charge in [-0.3, -0.25) is 4.98 Å². The molecule has 8 nitrogen and oxygen atoms in total. The topological polar surface area (TPSA) is 82.5 Å². The molecule has 2 aliphatic heterocycles. The Morgan fingerprint density at radius 3 is 2.19 bits per heavy atom. The molecule has 0 unspecified atom stereocenters. The maximum absolute atomic E-state index is 7.17. The summed E-state index contributed by atoms with van der Waals surface area (Å²) >= 11 is 14.3. The van der Waals surface area contributed by atoms with Gasteiger partial charge in [0, 0.05) is 104 Å². The lowest BCUT2D eigenvalue weighted by atomic mass is 9.99. The van der Waals surface area contributed by atoms with Gasteiger partial charge in [-0.1, -0.05) is 53.5 Å². The van der Waals surface area contributed by atoms with E-state index in [0.29, 0.717) is 27.8 Å². The number of aryl methyl sites for hydroxylation is 1. The van der Waals surface area contributed by atoms with Gasteiger partial charge in [-0.2, -0.15) is 0 Å². The van der Waals surface area contributed by atoms with Gasteiger partial charge in [0.05, 0.1) is 28.5 Å². The zero-order valence-corrected chi connectivity index (χ0v) is 28.9. The van der Waals surface area contributed by atoms with Gasteiger partial charge >= 0.3 is 0 Å². The van der Waals surface area contributed by atoms with Crippen molar-refractivity contribution in [1.29, 1.82) is 0 Å². The number of ether oxygens (including phenoxy) is 3. The number of fused-ring (bicyclic) bond motifs is 1. The van der Waals surface area contributed by atoms with E-state index in [1.165, 1.54) is 5.56 Å². The number of hydrogen-bond acceptors (Lipinski definition) is 7. The van der Waals surface area contributed by atoms with Gasteiger partial charge in [0.25, 0.3) is 0 Å². The van der Waals surface area contributed by atoms with Crippen LogP contribution >= 0.6 is 23.2 Å². The maximum atomic E-state index is 7.17. The lowest BCUT2D eigenvalue weighted by molar-refractivity contribution is 0.0774. The highest BCUT2D eigenvalue weighted by molar-refractivity contribution is 6.39. The van der Waals surface area contributed by atoms with E-state index in [4.69, 9.17) is 42.4 Å². The number of aromatic nitrogens is 3. The predicted octanol–water partition coefficient (Wildman–Crippen LogP) is 7.82. The van der Waals surface area contributed by atoms with Crippen molar-refractivity contribution in [3.05, 3.63) is 88.2 Å². The molecule has 10 heteroatoms. The summed E-state index contributed by atoms with van der Waals surface area (Å²) < 4.78 is 18.9. The Kier molecular flexibility index (Phi) is 10.3. The normalized spacial score (nSPS) is 16.1. The lowest BCUT2D eigenvalue weighted by Gasteiger charge is -2.23. The fourth-order valence-electron chi connectivity index (χ4n) is 6.76. The standard InChI is InChI=1S/C38H41Cl2N5O3/c1-45-23-26(22-43-28-13-18-48-19-14-28)29-8-9-33(44-38(29)45)32-5-3-4-30(35(32)39)31-10-15-41-37(36(31)40)24-6-7-25(34(20-24)46-2)21-42-27-11-16-47-17-12-27/h3-10,15,20,23,27-28,42-43H,11-14,16-19,21-22H2,1-2H3. The van der Waals surface area contributed by atoms with Gasteiger partial charge in [-0.05, 0) is 55.5 Å². The van der Waals surface area contributed by atoms with Gasteiger partial charge in [0.15, 0.2) is 0 Å². The SMILES string of the molecule is COc1cc(-c2nccc(-c3cccc(-c4ccc5c(CNC6CCOCC6)cn(C)c5n4)c3Cl)c2Cl)ccc1CNC1CCOCC1. The minimum atomic E-state index is 0.447. The molecule has 0 amide bonds. The second kappa shape index (κ2) is 14.9. The van der Waals surface area contributed by atoms with E-state index in [-0.39, 0.29) is 0 Å². The van der Waals surface area contributed by atoms with Crippen LogP contribution in [0.1, 0.15) is 36.8 Å². The Morgan fingerprint density at radius 1 is 0.812 bits per heavy atom. The van der Waals surface area contributed by atoms with E-state index < -0.39 is 0 Å². The summed E-state index contributed by atoms with van der Waals surface area (Å²) in [6, 6.07) is 19.2. The van der Waals surface area contributed by atoms with Crippen LogP contribution in [0.25, 0.3) is 44.7 Å². The highest BCUT2D eigenvalue weighted by Gasteiger charge is 2.20. The molecular formula is C38H41Cl2N5O3. The number of rotatable bonds is 10. The number of nitrogens with zero attached hydrogens (tertiary/aromatic N) is 3. The molecule has 48 heavy (non-hydrogen) atoms. The van der Waals surface area contributed by atoms with Crippen LogP contribution in [0.15, 0.2) is 67.0 Å². The fraction of sp³-hybridized carbons (Fsp3) is 0.368. The average molecular weight is 687 g/mol. The van der Waals surface area contributed by atoms with Gasteiger partial charge < -0.3 is 29.4 Å². The molecule has 5 aromatic rings. The van der Waals surface area contributed by atoms with Gasteiger partial charge in [-0.15, -0.1) is 0 Å². The summed E-state index contributed by atoms with van der Waals surface area (Å²) in [5.74, 6) is 0.792. The molecule has 2 fully saturated rings. The minimum absolute atomic E-state index is 0.447. The monoisotopic (exact) mass is 685 g/mol. The maximum Gasteiger partial charge on any atom is 0.140 e. The quantitative estimate of drug-likeness (QED) is 0.155. The van der Waals surface area contributed by atoms with E-state index in [9.17, 15) is 0 Å². The average Bonchev–Trinajstić information content (AvgIpc) is 3.45. The smallest absolute Gasteiger partial charge is 0.140 e. The van der Waals surface area contributed by atoms with E-state index >= 15 is 0 Å². The summed E-state index contributed by atoms with van der Waals surface area (Å²) in [4.78, 5) is 9.75. The third-order valence-corrected chi connectivity index (χ3v) is 10.3. The Hall–Kier alpha value is -3.50. The van der Waals surface area contributed by atoms with Crippen molar-refractivity contribution in [2.75, 3.05) is 33.5 Å². The third kappa shape index (κ3) is 6.97. The van der Waals surface area contributed by atoms with E-state index in [1.54, 1.807) is 13.3 Å². The van der Waals surface area contributed by atoms with Crippen LogP contribution in [0.3, 0.4) is 0 Å². The van der Waals surface area contributed by atoms with E-state index in [0.717, 1.165) is 115 Å². The molecule has 0 spiro atoms. The Morgan fingerprint density at radius 2 is 1.48 bits per heavy atom. The molecule has 0 bridgehead atoms. The second-order valence-corrected chi connectivity index (χ2v) is 13.3. The minimum Gasteiger partial charge on any atom is -0.496 e. The van der Waals surface area contributed by atoms with Crippen LogP contribution < -0.4 is 15.4 Å². The molecule has 7 rings (SSSR count). The van der Waals surface area contributed by atoms with Crippen LogP contribution in [-0.2, 0) is 29.6 Å². The third-order valence-electron chi connectivity index (χ3n) is 9.52. The Bertz CT molecular complexity index is 1900. The molecule has 2 saturated heterocycles. The molecule has 3 aromatic heterocycles. The molecule has 250 valence electrons. The van der Waals surface area contributed by atoms with Crippen molar-refractivity contribution < 1.29 is 14.2 Å². The van der Waals surface area contributed by atoms with Crippen LogP contribution in [0.5, 0.6) is 5.75 Å². The largest absolute Gasteiger partial charge is 0.496 e. The second-order valence-electron chi connectivity index (χ2n) is 12.6. The van der Waals surface area contributed by atoms with Crippen molar-refractivity contribution in [2.45, 2.75) is 50.9 Å². The van der Waals surface area contributed by atoms with E-state index in [1.807, 2.05) is 43.4 Å². The van der Waals surface area contributed by atoms with Crippen LogP contribution in [0.2, 0.25) is 10.0 Å². The van der Waals surface area contributed by atoms with Gasteiger partial charge in [0.2, 0.25) is 0 Å². The van der Waals surface area contributed by atoms with Crippen molar-refractivity contribution in [3.8, 4) is 39.4 Å².